The number of aromatic nitrogens is 1. The molecule has 1 aliphatic rings. The third-order valence-corrected chi connectivity index (χ3v) is 6.40. The third-order valence-electron chi connectivity index (χ3n) is 5.32. The molecule has 4 rings (SSSR count). The van der Waals surface area contributed by atoms with Gasteiger partial charge in [-0.25, -0.2) is 9.37 Å². The summed E-state index contributed by atoms with van der Waals surface area (Å²) < 4.78 is 14.3. The highest BCUT2D eigenvalue weighted by atomic mass is 32.1. The number of piperidine rings is 1. The fourth-order valence-electron chi connectivity index (χ4n) is 3.55. The van der Waals surface area contributed by atoms with Crippen molar-refractivity contribution in [1.29, 1.82) is 0 Å². The van der Waals surface area contributed by atoms with E-state index in [0.29, 0.717) is 5.92 Å². The highest BCUT2D eigenvalue weighted by Gasteiger charge is 2.26. The first kappa shape index (κ1) is 18.9. The topological polar surface area (TPSA) is 45.2 Å². The number of halogens is 1. The smallest absolute Gasteiger partial charge is 0.227 e. The monoisotopic (exact) mass is 397 g/mol. The standard InChI is InChI=1S/C22H24FN3OS/c1-14(2)15-3-6-18(7-4-15)24-21(27)16-9-11-26(12-10-16)22-25-19-8-5-17(23)13-20(19)28-22/h3-8,13-14,16H,9-12H2,1-2H3,(H,24,27). The van der Waals surface area contributed by atoms with Crippen LogP contribution in [-0.2, 0) is 4.79 Å². The van der Waals surface area contributed by atoms with Gasteiger partial charge in [-0.05, 0) is 54.7 Å². The van der Waals surface area contributed by atoms with Crippen molar-refractivity contribution in [3.05, 3.63) is 53.8 Å². The molecule has 0 unspecified atom stereocenters. The molecular formula is C22H24FN3OS. The molecule has 6 heteroatoms. The zero-order valence-corrected chi connectivity index (χ0v) is 16.9. The minimum Gasteiger partial charge on any atom is -0.348 e. The maximum atomic E-state index is 13.4. The lowest BCUT2D eigenvalue weighted by atomic mass is 9.96. The van der Waals surface area contributed by atoms with Crippen LogP contribution in [0.15, 0.2) is 42.5 Å². The molecule has 28 heavy (non-hydrogen) atoms. The molecule has 1 N–H and O–H groups in total. The average Bonchev–Trinajstić information content (AvgIpc) is 3.11. The quantitative estimate of drug-likeness (QED) is 0.640. The summed E-state index contributed by atoms with van der Waals surface area (Å²) in [4.78, 5) is 19.4. The van der Waals surface area contributed by atoms with Crippen LogP contribution in [0.2, 0.25) is 0 Å². The van der Waals surface area contributed by atoms with E-state index < -0.39 is 0 Å². The molecule has 1 fully saturated rings. The van der Waals surface area contributed by atoms with Crippen molar-refractivity contribution in [2.75, 3.05) is 23.3 Å². The summed E-state index contributed by atoms with van der Waals surface area (Å²) in [7, 11) is 0. The molecule has 146 valence electrons. The first-order valence-corrected chi connectivity index (χ1v) is 10.5. The number of anilines is 2. The molecule has 0 saturated carbocycles. The van der Waals surface area contributed by atoms with Crippen molar-refractivity contribution >= 4 is 38.3 Å². The summed E-state index contributed by atoms with van der Waals surface area (Å²) in [6, 6.07) is 12.8. The Balaban J connectivity index is 1.35. The molecule has 1 saturated heterocycles. The maximum Gasteiger partial charge on any atom is 0.227 e. The predicted molar refractivity (Wildman–Crippen MR) is 114 cm³/mol. The molecule has 0 spiro atoms. The van der Waals surface area contributed by atoms with E-state index in [9.17, 15) is 9.18 Å². The van der Waals surface area contributed by atoms with Crippen molar-refractivity contribution in [2.24, 2.45) is 5.92 Å². The Morgan fingerprint density at radius 1 is 1.18 bits per heavy atom. The highest BCUT2D eigenvalue weighted by Crippen LogP contribution is 2.32. The summed E-state index contributed by atoms with van der Waals surface area (Å²) in [6.07, 6.45) is 1.58. The number of benzene rings is 2. The number of hydrogen-bond donors (Lipinski definition) is 1. The molecule has 0 bridgehead atoms. The minimum atomic E-state index is -0.237. The van der Waals surface area contributed by atoms with Crippen LogP contribution in [0.4, 0.5) is 15.2 Å². The summed E-state index contributed by atoms with van der Waals surface area (Å²) in [5.74, 6) is 0.337. The Kier molecular flexibility index (Phi) is 5.31. The van der Waals surface area contributed by atoms with Gasteiger partial charge in [-0.15, -0.1) is 0 Å². The van der Waals surface area contributed by atoms with Gasteiger partial charge in [-0.1, -0.05) is 37.3 Å². The fraction of sp³-hybridized carbons (Fsp3) is 0.364. The van der Waals surface area contributed by atoms with Gasteiger partial charge in [0.05, 0.1) is 10.2 Å². The van der Waals surface area contributed by atoms with Gasteiger partial charge in [-0.3, -0.25) is 4.79 Å². The van der Waals surface area contributed by atoms with E-state index in [2.05, 4.69) is 41.2 Å². The number of nitrogens with one attached hydrogen (secondary N) is 1. The molecule has 2 aromatic carbocycles. The Morgan fingerprint density at radius 2 is 1.89 bits per heavy atom. The summed E-state index contributed by atoms with van der Waals surface area (Å²) >= 11 is 1.51. The van der Waals surface area contributed by atoms with Crippen LogP contribution in [0.5, 0.6) is 0 Å². The number of hydrogen-bond acceptors (Lipinski definition) is 4. The number of fused-ring (bicyclic) bond motifs is 1. The number of carbonyl (C=O) groups is 1. The number of nitrogens with zero attached hydrogens (tertiary/aromatic N) is 2. The van der Waals surface area contributed by atoms with E-state index in [4.69, 9.17) is 0 Å². The minimum absolute atomic E-state index is 0.00727. The second kappa shape index (κ2) is 7.87. The summed E-state index contributed by atoms with van der Waals surface area (Å²) in [6.45, 7) is 5.88. The molecule has 4 nitrogen and oxygen atoms in total. The number of amides is 1. The first-order chi connectivity index (χ1) is 13.5. The van der Waals surface area contributed by atoms with Crippen LogP contribution in [0.1, 0.15) is 38.2 Å². The van der Waals surface area contributed by atoms with Gasteiger partial charge in [0.15, 0.2) is 5.13 Å². The fourth-order valence-corrected chi connectivity index (χ4v) is 4.59. The SMILES string of the molecule is CC(C)c1ccc(NC(=O)C2CCN(c3nc4ccc(F)cc4s3)CC2)cc1. The lowest BCUT2D eigenvalue weighted by Crippen LogP contribution is -2.38. The van der Waals surface area contributed by atoms with E-state index in [0.717, 1.165) is 47.0 Å². The van der Waals surface area contributed by atoms with Crippen LogP contribution < -0.4 is 10.2 Å². The van der Waals surface area contributed by atoms with Gasteiger partial charge in [0.25, 0.3) is 0 Å². The highest BCUT2D eigenvalue weighted by molar-refractivity contribution is 7.22. The molecule has 2 heterocycles. The van der Waals surface area contributed by atoms with Gasteiger partial charge in [-0.2, -0.15) is 0 Å². The molecular weight excluding hydrogens is 373 g/mol. The van der Waals surface area contributed by atoms with Gasteiger partial charge < -0.3 is 10.2 Å². The van der Waals surface area contributed by atoms with E-state index in [-0.39, 0.29) is 17.6 Å². The number of thiazole rings is 1. The van der Waals surface area contributed by atoms with Gasteiger partial charge in [0.1, 0.15) is 5.82 Å². The zero-order chi connectivity index (χ0) is 19.7. The van der Waals surface area contributed by atoms with Crippen LogP contribution >= 0.6 is 11.3 Å². The van der Waals surface area contributed by atoms with Crippen LogP contribution in [0.25, 0.3) is 10.2 Å². The van der Waals surface area contributed by atoms with Crippen molar-refractivity contribution in [3.8, 4) is 0 Å². The molecule has 0 atom stereocenters. The van der Waals surface area contributed by atoms with E-state index >= 15 is 0 Å². The normalized spacial score (nSPS) is 15.4. The molecule has 0 radical (unpaired) electrons. The largest absolute Gasteiger partial charge is 0.348 e. The number of rotatable bonds is 4. The Bertz CT molecular complexity index is 975. The van der Waals surface area contributed by atoms with Gasteiger partial charge >= 0.3 is 0 Å². The Hall–Kier alpha value is -2.47. The van der Waals surface area contributed by atoms with Crippen LogP contribution in [-0.4, -0.2) is 24.0 Å². The second-order valence-corrected chi connectivity index (χ2v) is 8.64. The van der Waals surface area contributed by atoms with E-state index in [1.807, 2.05) is 12.1 Å². The lowest BCUT2D eigenvalue weighted by Gasteiger charge is -2.31. The predicted octanol–water partition coefficient (Wildman–Crippen LogP) is 5.41. The van der Waals surface area contributed by atoms with Gasteiger partial charge in [0, 0.05) is 24.7 Å². The molecule has 1 aromatic heterocycles. The van der Waals surface area contributed by atoms with Crippen LogP contribution in [0.3, 0.4) is 0 Å². The summed E-state index contributed by atoms with van der Waals surface area (Å²) in [5, 5.41) is 3.95. The maximum absolute atomic E-state index is 13.4. The molecule has 1 aliphatic heterocycles. The van der Waals surface area contributed by atoms with Gasteiger partial charge in [0.2, 0.25) is 5.91 Å². The molecule has 1 amide bonds. The van der Waals surface area contributed by atoms with E-state index in [1.165, 1.54) is 29.0 Å². The van der Waals surface area contributed by atoms with Crippen molar-refractivity contribution in [3.63, 3.8) is 0 Å². The molecule has 3 aromatic rings. The van der Waals surface area contributed by atoms with Crippen molar-refractivity contribution < 1.29 is 9.18 Å². The second-order valence-electron chi connectivity index (χ2n) is 7.64. The first-order valence-electron chi connectivity index (χ1n) is 9.71. The zero-order valence-electron chi connectivity index (χ0n) is 16.1. The Morgan fingerprint density at radius 3 is 2.57 bits per heavy atom. The Labute approximate surface area is 168 Å². The lowest BCUT2D eigenvalue weighted by molar-refractivity contribution is -0.120. The average molecular weight is 398 g/mol. The van der Waals surface area contributed by atoms with Crippen molar-refractivity contribution in [2.45, 2.75) is 32.6 Å². The summed E-state index contributed by atoms with van der Waals surface area (Å²) in [5.41, 5.74) is 2.94. The van der Waals surface area contributed by atoms with Crippen LogP contribution in [0, 0.1) is 11.7 Å². The van der Waals surface area contributed by atoms with Crippen molar-refractivity contribution in [1.82, 2.24) is 4.98 Å². The van der Waals surface area contributed by atoms with E-state index in [1.54, 1.807) is 6.07 Å². The third kappa shape index (κ3) is 4.02. The number of carbonyl (C=O) groups excluding carboxylic acids is 1. The molecule has 0 aliphatic carbocycles.